The number of halogens is 1. The lowest BCUT2D eigenvalue weighted by Crippen LogP contribution is -2.85. The fraction of sp³-hybridized carbons (Fsp3) is 0.458. The molecular formula is C24H27ClN2O2. The quantitative estimate of drug-likeness (QED) is 0.817. The van der Waals surface area contributed by atoms with Crippen molar-refractivity contribution in [2.45, 2.75) is 43.3 Å². The number of hydrogen-bond acceptors (Lipinski definition) is 3. The third-order valence-electron chi connectivity index (χ3n) is 7.10. The summed E-state index contributed by atoms with van der Waals surface area (Å²) >= 11 is 6.15. The molecule has 2 aromatic carbocycles. The SMILES string of the molecule is O=C(C1CCC1)N1[C@@H](CO)[C@@H](c2ccccc2)C12CN(Cc1cccc(Cl)c1)C2. The molecule has 3 aliphatic rings. The van der Waals surface area contributed by atoms with Gasteiger partial charge in [-0.15, -0.1) is 0 Å². The summed E-state index contributed by atoms with van der Waals surface area (Å²) in [4.78, 5) is 17.7. The highest BCUT2D eigenvalue weighted by molar-refractivity contribution is 6.30. The Balaban J connectivity index is 1.40. The summed E-state index contributed by atoms with van der Waals surface area (Å²) in [6.45, 7) is 2.54. The summed E-state index contributed by atoms with van der Waals surface area (Å²) in [5.41, 5.74) is 2.23. The predicted molar refractivity (Wildman–Crippen MR) is 114 cm³/mol. The van der Waals surface area contributed by atoms with Crippen molar-refractivity contribution in [2.75, 3.05) is 19.7 Å². The molecule has 0 bridgehead atoms. The first-order valence-electron chi connectivity index (χ1n) is 10.6. The van der Waals surface area contributed by atoms with E-state index in [9.17, 15) is 9.90 Å². The van der Waals surface area contributed by atoms with Crippen molar-refractivity contribution in [1.29, 1.82) is 0 Å². The van der Waals surface area contributed by atoms with Crippen molar-refractivity contribution in [1.82, 2.24) is 9.80 Å². The van der Waals surface area contributed by atoms with Gasteiger partial charge in [-0.25, -0.2) is 0 Å². The minimum Gasteiger partial charge on any atom is -0.394 e. The number of carbonyl (C=O) groups excluding carboxylic acids is 1. The first-order chi connectivity index (χ1) is 14.1. The monoisotopic (exact) mass is 410 g/mol. The Morgan fingerprint density at radius 1 is 1.10 bits per heavy atom. The van der Waals surface area contributed by atoms with Crippen LogP contribution in [-0.4, -0.2) is 52.1 Å². The molecule has 1 spiro atoms. The number of hydrogen-bond donors (Lipinski definition) is 1. The van der Waals surface area contributed by atoms with Crippen molar-refractivity contribution in [2.24, 2.45) is 5.92 Å². The van der Waals surface area contributed by atoms with E-state index in [-0.39, 0.29) is 35.9 Å². The summed E-state index contributed by atoms with van der Waals surface area (Å²) in [7, 11) is 0. The number of aliphatic hydroxyl groups is 1. The van der Waals surface area contributed by atoms with Gasteiger partial charge in [0.1, 0.15) is 0 Å². The summed E-state index contributed by atoms with van der Waals surface area (Å²) in [5.74, 6) is 0.595. The lowest BCUT2D eigenvalue weighted by Gasteiger charge is -2.71. The second-order valence-electron chi connectivity index (χ2n) is 8.85. The van der Waals surface area contributed by atoms with Gasteiger partial charge in [0.05, 0.1) is 18.2 Å². The Labute approximate surface area is 177 Å². The maximum absolute atomic E-state index is 13.3. The number of amides is 1. The second kappa shape index (κ2) is 7.42. The highest BCUT2D eigenvalue weighted by Gasteiger charge is 2.67. The fourth-order valence-corrected chi connectivity index (χ4v) is 5.82. The Hall–Kier alpha value is -1.88. The van der Waals surface area contributed by atoms with Crippen LogP contribution < -0.4 is 0 Å². The van der Waals surface area contributed by atoms with E-state index < -0.39 is 0 Å². The Morgan fingerprint density at radius 2 is 1.86 bits per heavy atom. The van der Waals surface area contributed by atoms with Crippen LogP contribution in [-0.2, 0) is 11.3 Å². The van der Waals surface area contributed by atoms with Crippen molar-refractivity contribution in [3.05, 3.63) is 70.7 Å². The molecule has 1 saturated carbocycles. The molecular weight excluding hydrogens is 384 g/mol. The van der Waals surface area contributed by atoms with E-state index in [1.165, 1.54) is 11.1 Å². The van der Waals surface area contributed by atoms with E-state index >= 15 is 0 Å². The van der Waals surface area contributed by atoms with Gasteiger partial charge in [-0.1, -0.05) is 60.5 Å². The minimum absolute atomic E-state index is 0.0219. The third kappa shape index (κ3) is 3.09. The van der Waals surface area contributed by atoms with Gasteiger partial charge in [-0.2, -0.15) is 0 Å². The van der Waals surface area contributed by atoms with E-state index in [2.05, 4.69) is 40.1 Å². The first-order valence-corrected chi connectivity index (χ1v) is 11.0. The van der Waals surface area contributed by atoms with E-state index in [1.54, 1.807) is 0 Å². The van der Waals surface area contributed by atoms with Crippen LogP contribution in [0.2, 0.25) is 5.02 Å². The van der Waals surface area contributed by atoms with Gasteiger partial charge in [-0.05, 0) is 36.1 Å². The zero-order chi connectivity index (χ0) is 20.0. The maximum Gasteiger partial charge on any atom is 0.226 e. The highest BCUT2D eigenvalue weighted by atomic mass is 35.5. The third-order valence-corrected chi connectivity index (χ3v) is 7.34. The standard InChI is InChI=1S/C24H27ClN2O2/c25-20-11-4-6-17(12-20)13-26-15-24(16-26)22(18-7-2-1-3-8-18)21(14-28)27(24)23(29)19-9-5-10-19/h1-4,6-8,11-12,19,21-22,28H,5,9-10,13-16H2/t21-,22+/m0/s1. The van der Waals surface area contributed by atoms with Gasteiger partial charge in [0.15, 0.2) is 0 Å². The number of nitrogens with zero attached hydrogens (tertiary/aromatic N) is 2. The smallest absolute Gasteiger partial charge is 0.226 e. The van der Waals surface area contributed by atoms with Crippen LogP contribution in [0.5, 0.6) is 0 Å². The van der Waals surface area contributed by atoms with Crippen LogP contribution in [0.15, 0.2) is 54.6 Å². The first kappa shape index (κ1) is 19.1. The molecule has 152 valence electrons. The molecule has 5 heteroatoms. The van der Waals surface area contributed by atoms with Gasteiger partial charge < -0.3 is 10.0 Å². The number of rotatable bonds is 5. The Kier molecular flexibility index (Phi) is 4.89. The van der Waals surface area contributed by atoms with Gasteiger partial charge in [0, 0.05) is 36.5 Å². The number of benzene rings is 2. The molecule has 3 fully saturated rings. The Morgan fingerprint density at radius 3 is 2.48 bits per heavy atom. The van der Waals surface area contributed by atoms with Crippen LogP contribution in [0.4, 0.5) is 0 Å². The van der Waals surface area contributed by atoms with E-state index in [0.29, 0.717) is 0 Å². The lowest BCUT2D eigenvalue weighted by atomic mass is 9.60. The molecule has 0 unspecified atom stereocenters. The fourth-order valence-electron chi connectivity index (χ4n) is 5.60. The van der Waals surface area contributed by atoms with Crippen molar-refractivity contribution >= 4 is 17.5 Å². The molecule has 2 heterocycles. The van der Waals surface area contributed by atoms with E-state index in [1.807, 2.05) is 24.3 Å². The van der Waals surface area contributed by atoms with E-state index in [0.717, 1.165) is 43.9 Å². The van der Waals surface area contributed by atoms with Crippen molar-refractivity contribution in [3.8, 4) is 0 Å². The molecule has 1 aliphatic carbocycles. The average Bonchev–Trinajstić information content (AvgIpc) is 2.62. The minimum atomic E-state index is -0.194. The molecule has 5 rings (SSSR count). The molecule has 0 aromatic heterocycles. The van der Waals surface area contributed by atoms with E-state index in [4.69, 9.17) is 11.6 Å². The van der Waals surface area contributed by atoms with Crippen LogP contribution >= 0.6 is 11.6 Å². The number of aliphatic hydroxyl groups excluding tert-OH is 1. The predicted octanol–water partition coefficient (Wildman–Crippen LogP) is 3.68. The van der Waals surface area contributed by atoms with Gasteiger partial charge in [-0.3, -0.25) is 9.69 Å². The summed E-state index contributed by atoms with van der Waals surface area (Å²) in [6.07, 6.45) is 3.13. The largest absolute Gasteiger partial charge is 0.394 e. The molecule has 0 radical (unpaired) electrons. The molecule has 2 aromatic rings. The average molecular weight is 411 g/mol. The van der Waals surface area contributed by atoms with Crippen LogP contribution in [0.1, 0.15) is 36.3 Å². The lowest BCUT2D eigenvalue weighted by molar-refractivity contribution is -0.207. The van der Waals surface area contributed by atoms with Crippen LogP contribution in [0, 0.1) is 5.92 Å². The summed E-state index contributed by atoms with van der Waals surface area (Å²) < 4.78 is 0. The molecule has 1 amide bonds. The van der Waals surface area contributed by atoms with Gasteiger partial charge >= 0.3 is 0 Å². The highest BCUT2D eigenvalue weighted by Crippen LogP contribution is 2.55. The van der Waals surface area contributed by atoms with Crippen LogP contribution in [0.3, 0.4) is 0 Å². The van der Waals surface area contributed by atoms with Crippen LogP contribution in [0.25, 0.3) is 0 Å². The van der Waals surface area contributed by atoms with Gasteiger partial charge in [0.25, 0.3) is 0 Å². The molecule has 4 nitrogen and oxygen atoms in total. The van der Waals surface area contributed by atoms with Crippen molar-refractivity contribution < 1.29 is 9.90 Å². The zero-order valence-corrected chi connectivity index (χ0v) is 17.3. The zero-order valence-electron chi connectivity index (χ0n) is 16.5. The number of likely N-dealkylation sites (tertiary alicyclic amines) is 2. The Bertz CT molecular complexity index is 893. The summed E-state index contributed by atoms with van der Waals surface area (Å²) in [5, 5.41) is 10.9. The summed E-state index contributed by atoms with van der Waals surface area (Å²) in [6, 6.07) is 18.3. The molecule has 2 aliphatic heterocycles. The normalized spacial score (nSPS) is 25.9. The molecule has 29 heavy (non-hydrogen) atoms. The molecule has 2 saturated heterocycles. The van der Waals surface area contributed by atoms with Crippen molar-refractivity contribution in [3.63, 3.8) is 0 Å². The van der Waals surface area contributed by atoms with Gasteiger partial charge in [0.2, 0.25) is 5.91 Å². The second-order valence-corrected chi connectivity index (χ2v) is 9.29. The number of carbonyl (C=O) groups is 1. The molecule has 1 N–H and O–H groups in total. The maximum atomic E-state index is 13.3. The topological polar surface area (TPSA) is 43.8 Å². The molecule has 2 atom stereocenters.